The van der Waals surface area contributed by atoms with Gasteiger partial charge in [-0.1, -0.05) is 18.8 Å². The molecule has 0 saturated heterocycles. The highest BCUT2D eigenvalue weighted by Crippen LogP contribution is 2.13. The van der Waals surface area contributed by atoms with Gasteiger partial charge in [0.25, 0.3) is 0 Å². The van der Waals surface area contributed by atoms with Gasteiger partial charge in [-0.25, -0.2) is 4.79 Å². The molecule has 2 amide bonds. The SMILES string of the molecule is CCCNC(=O)Nc1cc(C)cc(C#CCCO)c1. The zero-order valence-corrected chi connectivity index (χ0v) is 11.4. The minimum absolute atomic E-state index is 0.0589. The molecule has 4 nitrogen and oxygen atoms in total. The largest absolute Gasteiger partial charge is 0.395 e. The molecular weight excluding hydrogens is 240 g/mol. The number of nitrogens with one attached hydrogen (secondary N) is 2. The number of aryl methyl sites for hydroxylation is 1. The van der Waals surface area contributed by atoms with Crippen LogP contribution in [0.15, 0.2) is 18.2 Å². The fourth-order valence-electron chi connectivity index (χ4n) is 1.56. The number of carbonyl (C=O) groups excluding carboxylic acids is 1. The molecule has 0 atom stereocenters. The first-order chi connectivity index (χ1) is 9.15. The normalized spacial score (nSPS) is 9.42. The fraction of sp³-hybridized carbons (Fsp3) is 0.400. The molecule has 1 aromatic rings. The maximum atomic E-state index is 11.6. The first-order valence-electron chi connectivity index (χ1n) is 6.42. The summed E-state index contributed by atoms with van der Waals surface area (Å²) in [5.41, 5.74) is 2.59. The molecule has 1 aromatic carbocycles. The van der Waals surface area contributed by atoms with Gasteiger partial charge in [0.2, 0.25) is 0 Å². The number of rotatable bonds is 4. The van der Waals surface area contributed by atoms with E-state index in [-0.39, 0.29) is 12.6 Å². The molecule has 102 valence electrons. The third kappa shape index (κ3) is 5.94. The Hall–Kier alpha value is -1.99. The Kier molecular flexibility index (Phi) is 6.48. The van der Waals surface area contributed by atoms with Gasteiger partial charge in [-0.2, -0.15) is 0 Å². The van der Waals surface area contributed by atoms with E-state index in [4.69, 9.17) is 5.11 Å². The van der Waals surface area contributed by atoms with Crippen LogP contribution in [0.4, 0.5) is 10.5 Å². The fourth-order valence-corrected chi connectivity index (χ4v) is 1.56. The number of amides is 2. The summed E-state index contributed by atoms with van der Waals surface area (Å²) >= 11 is 0. The van der Waals surface area contributed by atoms with Crippen molar-refractivity contribution in [1.29, 1.82) is 0 Å². The summed E-state index contributed by atoms with van der Waals surface area (Å²) < 4.78 is 0. The van der Waals surface area contributed by atoms with Crippen molar-refractivity contribution < 1.29 is 9.90 Å². The Morgan fingerprint density at radius 2 is 2.16 bits per heavy atom. The summed E-state index contributed by atoms with van der Waals surface area (Å²) in [5.74, 6) is 5.83. The highest BCUT2D eigenvalue weighted by atomic mass is 16.2. The molecule has 19 heavy (non-hydrogen) atoms. The van der Waals surface area contributed by atoms with Gasteiger partial charge in [-0.05, 0) is 37.1 Å². The van der Waals surface area contributed by atoms with E-state index in [1.165, 1.54) is 0 Å². The van der Waals surface area contributed by atoms with Crippen LogP contribution in [0.3, 0.4) is 0 Å². The minimum atomic E-state index is -0.207. The molecule has 0 spiro atoms. The predicted octanol–water partition coefficient (Wildman–Crippen LogP) is 2.26. The molecule has 0 aliphatic heterocycles. The van der Waals surface area contributed by atoms with Crippen LogP contribution in [-0.2, 0) is 0 Å². The summed E-state index contributed by atoms with van der Waals surface area (Å²) in [5, 5.41) is 14.2. The number of benzene rings is 1. The number of aliphatic hydroxyl groups excluding tert-OH is 1. The topological polar surface area (TPSA) is 61.4 Å². The molecule has 3 N–H and O–H groups in total. The number of hydrogen-bond acceptors (Lipinski definition) is 2. The van der Waals surface area contributed by atoms with Gasteiger partial charge >= 0.3 is 6.03 Å². The second-order valence-electron chi connectivity index (χ2n) is 4.24. The van der Waals surface area contributed by atoms with E-state index in [1.807, 2.05) is 32.0 Å². The molecule has 1 rings (SSSR count). The van der Waals surface area contributed by atoms with Crippen LogP contribution in [0.1, 0.15) is 30.9 Å². The lowest BCUT2D eigenvalue weighted by atomic mass is 10.1. The summed E-state index contributed by atoms with van der Waals surface area (Å²) in [6.07, 6.45) is 1.35. The summed E-state index contributed by atoms with van der Waals surface area (Å²) in [6.45, 7) is 4.66. The number of aliphatic hydroxyl groups is 1. The van der Waals surface area contributed by atoms with Gasteiger partial charge in [-0.3, -0.25) is 0 Å². The van der Waals surface area contributed by atoms with Crippen molar-refractivity contribution >= 4 is 11.7 Å². The van der Waals surface area contributed by atoms with Gasteiger partial charge in [0.05, 0.1) is 6.61 Å². The maximum Gasteiger partial charge on any atom is 0.319 e. The molecule has 0 saturated carbocycles. The summed E-state index contributed by atoms with van der Waals surface area (Å²) in [6, 6.07) is 5.45. The maximum absolute atomic E-state index is 11.6. The van der Waals surface area contributed by atoms with E-state index in [9.17, 15) is 4.79 Å². The summed E-state index contributed by atoms with van der Waals surface area (Å²) in [4.78, 5) is 11.6. The van der Waals surface area contributed by atoms with Gasteiger partial charge in [0.1, 0.15) is 0 Å². The second kappa shape index (κ2) is 8.17. The Bertz CT molecular complexity index is 487. The van der Waals surface area contributed by atoms with Gasteiger partial charge in [0.15, 0.2) is 0 Å². The number of hydrogen-bond donors (Lipinski definition) is 3. The average molecular weight is 260 g/mol. The van der Waals surface area contributed by atoms with Crippen molar-refractivity contribution in [3.63, 3.8) is 0 Å². The average Bonchev–Trinajstić information content (AvgIpc) is 2.36. The van der Waals surface area contributed by atoms with E-state index >= 15 is 0 Å². The number of carbonyl (C=O) groups is 1. The van der Waals surface area contributed by atoms with Crippen molar-refractivity contribution in [1.82, 2.24) is 5.32 Å². The third-order valence-electron chi connectivity index (χ3n) is 2.34. The van der Waals surface area contributed by atoms with Crippen molar-refractivity contribution in [2.75, 3.05) is 18.5 Å². The molecule has 0 bridgehead atoms. The highest BCUT2D eigenvalue weighted by Gasteiger charge is 2.02. The Labute approximate surface area is 114 Å². The van der Waals surface area contributed by atoms with Crippen LogP contribution in [0.2, 0.25) is 0 Å². The quantitative estimate of drug-likeness (QED) is 0.727. The molecular formula is C15H20N2O2. The van der Waals surface area contributed by atoms with E-state index in [2.05, 4.69) is 22.5 Å². The van der Waals surface area contributed by atoms with Crippen molar-refractivity contribution in [2.45, 2.75) is 26.7 Å². The van der Waals surface area contributed by atoms with E-state index in [0.717, 1.165) is 23.2 Å². The monoisotopic (exact) mass is 260 g/mol. The zero-order valence-electron chi connectivity index (χ0n) is 11.4. The zero-order chi connectivity index (χ0) is 14.1. The van der Waals surface area contributed by atoms with Crippen LogP contribution >= 0.6 is 0 Å². The standard InChI is InChI=1S/C15H20N2O2/c1-3-7-16-15(19)17-14-10-12(2)9-13(11-14)6-4-5-8-18/h9-11,18H,3,5,7-8H2,1-2H3,(H2,16,17,19). The molecule has 0 aliphatic carbocycles. The number of urea groups is 1. The second-order valence-corrected chi connectivity index (χ2v) is 4.24. The lowest BCUT2D eigenvalue weighted by molar-refractivity contribution is 0.252. The molecule has 0 aliphatic rings. The molecule has 4 heteroatoms. The first-order valence-corrected chi connectivity index (χ1v) is 6.42. The van der Waals surface area contributed by atoms with Crippen LogP contribution in [0.5, 0.6) is 0 Å². The van der Waals surface area contributed by atoms with E-state index < -0.39 is 0 Å². The molecule has 0 aromatic heterocycles. The van der Waals surface area contributed by atoms with Crippen LogP contribution in [-0.4, -0.2) is 24.3 Å². The Morgan fingerprint density at radius 1 is 1.37 bits per heavy atom. The minimum Gasteiger partial charge on any atom is -0.395 e. The smallest absolute Gasteiger partial charge is 0.319 e. The number of anilines is 1. The molecule has 0 heterocycles. The Balaban J connectivity index is 2.74. The van der Waals surface area contributed by atoms with Crippen LogP contribution < -0.4 is 10.6 Å². The van der Waals surface area contributed by atoms with Gasteiger partial charge in [-0.15, -0.1) is 0 Å². The first kappa shape index (κ1) is 15.1. The van der Waals surface area contributed by atoms with Crippen molar-refractivity contribution in [3.8, 4) is 11.8 Å². The van der Waals surface area contributed by atoms with Gasteiger partial charge < -0.3 is 15.7 Å². The third-order valence-corrected chi connectivity index (χ3v) is 2.34. The van der Waals surface area contributed by atoms with Crippen LogP contribution in [0.25, 0.3) is 0 Å². The molecule has 0 radical (unpaired) electrons. The summed E-state index contributed by atoms with van der Waals surface area (Å²) in [7, 11) is 0. The predicted molar refractivity (Wildman–Crippen MR) is 77.1 cm³/mol. The van der Waals surface area contributed by atoms with E-state index in [0.29, 0.717) is 13.0 Å². The Morgan fingerprint density at radius 3 is 2.84 bits per heavy atom. The highest BCUT2D eigenvalue weighted by molar-refractivity contribution is 5.89. The van der Waals surface area contributed by atoms with Crippen molar-refractivity contribution in [2.24, 2.45) is 0 Å². The lowest BCUT2D eigenvalue weighted by Gasteiger charge is -2.08. The van der Waals surface area contributed by atoms with Crippen LogP contribution in [0, 0.1) is 18.8 Å². The van der Waals surface area contributed by atoms with E-state index in [1.54, 1.807) is 0 Å². The lowest BCUT2D eigenvalue weighted by Crippen LogP contribution is -2.29. The van der Waals surface area contributed by atoms with Gasteiger partial charge in [0, 0.05) is 24.2 Å². The molecule has 0 unspecified atom stereocenters. The molecule has 0 fully saturated rings. The van der Waals surface area contributed by atoms with Crippen molar-refractivity contribution in [3.05, 3.63) is 29.3 Å².